The molecule has 0 spiro atoms. The molecule has 1 amide bonds. The van der Waals surface area contributed by atoms with Crippen molar-refractivity contribution in [3.8, 4) is 0 Å². The number of aryl methyl sites for hydroxylation is 2. The van der Waals surface area contributed by atoms with Crippen LogP contribution < -0.4 is 15.8 Å². The van der Waals surface area contributed by atoms with E-state index in [-0.39, 0.29) is 17.9 Å². The van der Waals surface area contributed by atoms with Crippen molar-refractivity contribution in [3.05, 3.63) is 39.8 Å². The largest absolute Gasteiger partial charge is 0.468 e. The van der Waals surface area contributed by atoms with Crippen molar-refractivity contribution >= 4 is 33.2 Å². The Bertz CT molecular complexity index is 977. The molecule has 2 rings (SSSR count). The molecule has 2 aromatic rings. The van der Waals surface area contributed by atoms with Crippen LogP contribution in [0.15, 0.2) is 29.2 Å². The lowest BCUT2D eigenvalue weighted by Crippen LogP contribution is -2.49. The number of hydrogen-bond donors (Lipinski definition) is 3. The first-order valence-corrected chi connectivity index (χ1v) is 11.5. The molecule has 0 aliphatic heterocycles. The zero-order valence-electron chi connectivity index (χ0n) is 16.8. The maximum absolute atomic E-state index is 12.6. The fourth-order valence-electron chi connectivity index (χ4n) is 2.48. The first kappa shape index (κ1) is 23.9. The van der Waals surface area contributed by atoms with Crippen molar-refractivity contribution in [1.82, 2.24) is 20.2 Å². The molecular formula is C18H25N5O5S2. The molecule has 1 atom stereocenters. The number of esters is 1. The van der Waals surface area contributed by atoms with Gasteiger partial charge in [0, 0.05) is 13.0 Å². The van der Waals surface area contributed by atoms with E-state index in [1.807, 2.05) is 0 Å². The van der Waals surface area contributed by atoms with Crippen LogP contribution in [0, 0.1) is 6.92 Å². The van der Waals surface area contributed by atoms with Crippen molar-refractivity contribution in [3.63, 3.8) is 0 Å². The summed E-state index contributed by atoms with van der Waals surface area (Å²) in [6.45, 7) is 2.03. The van der Waals surface area contributed by atoms with Crippen LogP contribution in [-0.2, 0) is 37.2 Å². The summed E-state index contributed by atoms with van der Waals surface area (Å²) in [7, 11) is -2.84. The standard InChI is InChI=1S/C18H25N5O5S2/c1-12-5-3-6-13(9-12)30(26,27)23-14(18(25)28-2)11-20-15(24)10-17-22-21-16(29-17)7-4-8-19/h3,5-6,9,14,23H,4,7-8,10-11,19H2,1-2H3,(H,20,24). The second-order valence-electron chi connectivity index (χ2n) is 6.48. The Labute approximate surface area is 179 Å². The number of sulfonamides is 1. The third kappa shape index (κ3) is 7.13. The number of amides is 1. The van der Waals surface area contributed by atoms with Gasteiger partial charge in [-0.05, 0) is 37.6 Å². The number of carbonyl (C=O) groups is 2. The quantitative estimate of drug-likeness (QED) is 0.398. The molecule has 12 heteroatoms. The number of carbonyl (C=O) groups excluding carboxylic acids is 2. The maximum Gasteiger partial charge on any atom is 0.325 e. The van der Waals surface area contributed by atoms with Crippen molar-refractivity contribution in [2.45, 2.75) is 37.1 Å². The van der Waals surface area contributed by atoms with Gasteiger partial charge in [0.1, 0.15) is 16.1 Å². The van der Waals surface area contributed by atoms with Gasteiger partial charge < -0.3 is 15.8 Å². The van der Waals surface area contributed by atoms with Gasteiger partial charge in [-0.1, -0.05) is 12.1 Å². The SMILES string of the molecule is COC(=O)C(CNC(=O)Cc1nnc(CCCN)s1)NS(=O)(=O)c1cccc(C)c1. The van der Waals surface area contributed by atoms with Gasteiger partial charge in [-0.25, -0.2) is 8.42 Å². The van der Waals surface area contributed by atoms with Gasteiger partial charge in [0.15, 0.2) is 0 Å². The zero-order chi connectivity index (χ0) is 22.1. The van der Waals surface area contributed by atoms with E-state index in [1.165, 1.54) is 23.5 Å². The van der Waals surface area contributed by atoms with Crippen molar-refractivity contribution in [1.29, 1.82) is 0 Å². The predicted octanol–water partition coefficient (Wildman–Crippen LogP) is -0.0834. The molecule has 1 aromatic heterocycles. The van der Waals surface area contributed by atoms with E-state index >= 15 is 0 Å². The van der Waals surface area contributed by atoms with Crippen LogP contribution in [0.2, 0.25) is 0 Å². The summed E-state index contributed by atoms with van der Waals surface area (Å²) in [5.74, 6) is -1.23. The Kier molecular flexibility index (Phi) is 8.84. The van der Waals surface area contributed by atoms with Crippen LogP contribution in [0.1, 0.15) is 22.0 Å². The van der Waals surface area contributed by atoms with Crippen LogP contribution in [0.25, 0.3) is 0 Å². The number of nitrogens with zero attached hydrogens (tertiary/aromatic N) is 2. The third-order valence-electron chi connectivity index (χ3n) is 4.00. The second-order valence-corrected chi connectivity index (χ2v) is 9.34. The van der Waals surface area contributed by atoms with E-state index in [9.17, 15) is 18.0 Å². The van der Waals surface area contributed by atoms with Gasteiger partial charge in [0.2, 0.25) is 15.9 Å². The average molecular weight is 456 g/mol. The molecule has 4 N–H and O–H groups in total. The van der Waals surface area contributed by atoms with Crippen LogP contribution in [0.3, 0.4) is 0 Å². The smallest absolute Gasteiger partial charge is 0.325 e. The summed E-state index contributed by atoms with van der Waals surface area (Å²) in [5, 5.41) is 11.8. The molecule has 30 heavy (non-hydrogen) atoms. The molecule has 0 fully saturated rings. The summed E-state index contributed by atoms with van der Waals surface area (Å²) in [6.07, 6.45) is 1.45. The molecule has 0 bridgehead atoms. The molecule has 0 aliphatic rings. The first-order valence-electron chi connectivity index (χ1n) is 9.20. The molecule has 0 aliphatic carbocycles. The van der Waals surface area contributed by atoms with Crippen LogP contribution >= 0.6 is 11.3 Å². The van der Waals surface area contributed by atoms with Crippen LogP contribution in [-0.4, -0.2) is 56.7 Å². The Morgan fingerprint density at radius 3 is 2.67 bits per heavy atom. The summed E-state index contributed by atoms with van der Waals surface area (Å²) in [5.41, 5.74) is 6.22. The lowest BCUT2D eigenvalue weighted by atomic mass is 10.2. The van der Waals surface area contributed by atoms with Crippen LogP contribution in [0.4, 0.5) is 0 Å². The maximum atomic E-state index is 12.6. The van der Waals surface area contributed by atoms with Gasteiger partial charge in [-0.3, -0.25) is 9.59 Å². The molecule has 0 radical (unpaired) electrons. The number of benzene rings is 1. The van der Waals surface area contributed by atoms with E-state index in [1.54, 1.807) is 19.1 Å². The molecule has 164 valence electrons. The lowest BCUT2D eigenvalue weighted by Gasteiger charge is -2.17. The minimum absolute atomic E-state index is 0.0154. The monoisotopic (exact) mass is 455 g/mol. The third-order valence-corrected chi connectivity index (χ3v) is 6.45. The van der Waals surface area contributed by atoms with Crippen molar-refractivity contribution in [2.24, 2.45) is 5.73 Å². The Balaban J connectivity index is 1.98. The highest BCUT2D eigenvalue weighted by molar-refractivity contribution is 7.89. The second kappa shape index (κ2) is 11.1. The van der Waals surface area contributed by atoms with Crippen LogP contribution in [0.5, 0.6) is 0 Å². The number of hydrogen-bond acceptors (Lipinski definition) is 9. The number of rotatable bonds is 11. The number of aromatic nitrogens is 2. The minimum Gasteiger partial charge on any atom is -0.468 e. The molecule has 0 saturated carbocycles. The predicted molar refractivity (Wildman–Crippen MR) is 111 cm³/mol. The summed E-state index contributed by atoms with van der Waals surface area (Å²) in [4.78, 5) is 24.3. The molecule has 1 aromatic carbocycles. The fourth-order valence-corrected chi connectivity index (χ4v) is 4.66. The average Bonchev–Trinajstić information content (AvgIpc) is 3.16. The Morgan fingerprint density at radius 2 is 2.00 bits per heavy atom. The van der Waals surface area contributed by atoms with E-state index in [0.717, 1.165) is 24.1 Å². The topological polar surface area (TPSA) is 153 Å². The molecular weight excluding hydrogens is 430 g/mol. The molecule has 1 unspecified atom stereocenters. The number of ether oxygens (including phenoxy) is 1. The van der Waals surface area contributed by atoms with Gasteiger partial charge in [0.25, 0.3) is 0 Å². The lowest BCUT2D eigenvalue weighted by molar-refractivity contribution is -0.142. The number of nitrogens with one attached hydrogen (secondary N) is 2. The first-order chi connectivity index (χ1) is 14.2. The molecule has 1 heterocycles. The highest BCUT2D eigenvalue weighted by Crippen LogP contribution is 2.13. The van der Waals surface area contributed by atoms with Gasteiger partial charge >= 0.3 is 5.97 Å². The highest BCUT2D eigenvalue weighted by atomic mass is 32.2. The minimum atomic E-state index is -3.98. The summed E-state index contributed by atoms with van der Waals surface area (Å²) in [6, 6.07) is 4.97. The number of nitrogens with two attached hydrogens (primary N) is 1. The molecule has 0 saturated heterocycles. The van der Waals surface area contributed by atoms with E-state index < -0.39 is 27.9 Å². The fraction of sp³-hybridized carbons (Fsp3) is 0.444. The van der Waals surface area contributed by atoms with Gasteiger partial charge in [-0.15, -0.1) is 21.5 Å². The van der Waals surface area contributed by atoms with Crippen molar-refractivity contribution < 1.29 is 22.7 Å². The van der Waals surface area contributed by atoms with Gasteiger partial charge in [0.05, 0.1) is 18.4 Å². The zero-order valence-corrected chi connectivity index (χ0v) is 18.4. The Morgan fingerprint density at radius 1 is 1.27 bits per heavy atom. The highest BCUT2D eigenvalue weighted by Gasteiger charge is 2.27. The Hall–Kier alpha value is -2.41. The van der Waals surface area contributed by atoms with E-state index in [4.69, 9.17) is 5.73 Å². The summed E-state index contributed by atoms with van der Waals surface area (Å²) >= 11 is 1.31. The molecule has 10 nitrogen and oxygen atoms in total. The van der Waals surface area contributed by atoms with E-state index in [0.29, 0.717) is 18.0 Å². The van der Waals surface area contributed by atoms with Gasteiger partial charge in [-0.2, -0.15) is 4.72 Å². The van der Waals surface area contributed by atoms with Crippen molar-refractivity contribution in [2.75, 3.05) is 20.2 Å². The number of methoxy groups -OCH3 is 1. The summed E-state index contributed by atoms with van der Waals surface area (Å²) < 4.78 is 32.1. The normalized spacial score (nSPS) is 12.4. The van der Waals surface area contributed by atoms with E-state index in [2.05, 4.69) is 25.0 Å².